The molecular formula is C25H20FN3O4. The van der Waals surface area contributed by atoms with Gasteiger partial charge in [0.1, 0.15) is 18.4 Å². The summed E-state index contributed by atoms with van der Waals surface area (Å²) in [6.45, 7) is 1.02. The third-order valence-corrected chi connectivity index (χ3v) is 5.35. The fraction of sp³-hybridized carbons (Fsp3) is 0.120. The Morgan fingerprint density at radius 1 is 0.879 bits per heavy atom. The number of fused-ring (bicyclic) bond motifs is 1. The van der Waals surface area contributed by atoms with Crippen LogP contribution >= 0.6 is 0 Å². The van der Waals surface area contributed by atoms with Crippen molar-refractivity contribution in [3.63, 3.8) is 0 Å². The molecule has 0 saturated carbocycles. The van der Waals surface area contributed by atoms with Gasteiger partial charge in [0, 0.05) is 11.4 Å². The van der Waals surface area contributed by atoms with Gasteiger partial charge in [-0.15, -0.1) is 0 Å². The summed E-state index contributed by atoms with van der Waals surface area (Å²) in [6, 6.07) is 19.1. The summed E-state index contributed by atoms with van der Waals surface area (Å²) in [5.74, 6) is -2.66. The number of imide groups is 1. The summed E-state index contributed by atoms with van der Waals surface area (Å²) >= 11 is 0. The molecule has 33 heavy (non-hydrogen) atoms. The molecule has 0 radical (unpaired) electrons. The van der Waals surface area contributed by atoms with Crippen molar-refractivity contribution in [1.82, 2.24) is 4.90 Å². The second-order valence-corrected chi connectivity index (χ2v) is 7.51. The number of carbonyl (C=O) groups excluding carboxylic acids is 4. The van der Waals surface area contributed by atoms with Gasteiger partial charge in [0.15, 0.2) is 0 Å². The van der Waals surface area contributed by atoms with Crippen LogP contribution in [0.3, 0.4) is 0 Å². The molecule has 0 aromatic heterocycles. The highest BCUT2D eigenvalue weighted by Gasteiger charge is 2.38. The Labute approximate surface area is 189 Å². The molecule has 1 unspecified atom stereocenters. The Bertz CT molecular complexity index is 1190. The van der Waals surface area contributed by atoms with Crippen LogP contribution < -0.4 is 10.2 Å². The monoisotopic (exact) mass is 445 g/mol. The van der Waals surface area contributed by atoms with Crippen molar-refractivity contribution >= 4 is 35.0 Å². The number of hydrogen-bond acceptors (Lipinski definition) is 4. The molecule has 4 rings (SSSR count). The molecule has 1 heterocycles. The number of rotatable bonds is 6. The second-order valence-electron chi connectivity index (χ2n) is 7.51. The lowest BCUT2D eigenvalue weighted by atomic mass is 10.1. The average Bonchev–Trinajstić information content (AvgIpc) is 3.06. The normalized spacial score (nSPS) is 13.5. The van der Waals surface area contributed by atoms with Crippen LogP contribution in [-0.2, 0) is 9.59 Å². The Hall–Kier alpha value is -4.33. The van der Waals surface area contributed by atoms with E-state index in [-0.39, 0.29) is 11.1 Å². The van der Waals surface area contributed by atoms with Crippen LogP contribution in [0, 0.1) is 5.82 Å². The lowest BCUT2D eigenvalue weighted by Gasteiger charge is -2.30. The Balaban J connectivity index is 1.58. The largest absolute Gasteiger partial charge is 0.324 e. The minimum absolute atomic E-state index is 0.240. The predicted molar refractivity (Wildman–Crippen MR) is 120 cm³/mol. The number of para-hydroxylation sites is 1. The van der Waals surface area contributed by atoms with Gasteiger partial charge in [-0.2, -0.15) is 0 Å². The fourth-order valence-corrected chi connectivity index (χ4v) is 3.66. The summed E-state index contributed by atoms with van der Waals surface area (Å²) in [7, 11) is 0. The van der Waals surface area contributed by atoms with Crippen LogP contribution in [0.1, 0.15) is 27.6 Å². The SMILES string of the molecule is CC(C(=O)Nc1ccc(F)cc1)N(C(=O)CN1C(=O)c2ccccc2C1=O)c1ccccc1. The highest BCUT2D eigenvalue weighted by atomic mass is 19.1. The highest BCUT2D eigenvalue weighted by molar-refractivity contribution is 6.23. The molecule has 3 aromatic carbocycles. The number of hydrogen-bond donors (Lipinski definition) is 1. The molecular weight excluding hydrogens is 425 g/mol. The first-order valence-electron chi connectivity index (χ1n) is 10.3. The van der Waals surface area contributed by atoms with Crippen molar-refractivity contribution in [2.45, 2.75) is 13.0 Å². The number of nitrogens with one attached hydrogen (secondary N) is 1. The smallest absolute Gasteiger partial charge is 0.262 e. The summed E-state index contributed by atoms with van der Waals surface area (Å²) in [5.41, 5.74) is 1.28. The van der Waals surface area contributed by atoms with Gasteiger partial charge in [-0.05, 0) is 55.5 Å². The molecule has 0 fully saturated rings. The second kappa shape index (κ2) is 9.04. The first-order valence-corrected chi connectivity index (χ1v) is 10.3. The van der Waals surface area contributed by atoms with Gasteiger partial charge in [0.05, 0.1) is 11.1 Å². The number of halogens is 1. The molecule has 3 aromatic rings. The van der Waals surface area contributed by atoms with Crippen LogP contribution in [0.2, 0.25) is 0 Å². The molecule has 7 nitrogen and oxygen atoms in total. The molecule has 1 atom stereocenters. The van der Waals surface area contributed by atoms with Crippen LogP contribution in [0.4, 0.5) is 15.8 Å². The van der Waals surface area contributed by atoms with Gasteiger partial charge in [0.2, 0.25) is 11.8 Å². The third kappa shape index (κ3) is 4.36. The summed E-state index contributed by atoms with van der Waals surface area (Å²) in [6.07, 6.45) is 0. The molecule has 0 bridgehead atoms. The quantitative estimate of drug-likeness (QED) is 0.589. The molecule has 0 aliphatic carbocycles. The molecule has 1 aliphatic rings. The van der Waals surface area contributed by atoms with Gasteiger partial charge in [-0.25, -0.2) is 4.39 Å². The van der Waals surface area contributed by atoms with E-state index in [0.717, 1.165) is 4.90 Å². The first kappa shape index (κ1) is 21.9. The zero-order valence-corrected chi connectivity index (χ0v) is 17.7. The number of amides is 4. The van der Waals surface area contributed by atoms with Crippen molar-refractivity contribution in [2.75, 3.05) is 16.8 Å². The van der Waals surface area contributed by atoms with Crippen molar-refractivity contribution in [1.29, 1.82) is 0 Å². The lowest BCUT2D eigenvalue weighted by molar-refractivity contribution is -0.123. The van der Waals surface area contributed by atoms with Crippen molar-refractivity contribution in [2.24, 2.45) is 0 Å². The average molecular weight is 445 g/mol. The summed E-state index contributed by atoms with van der Waals surface area (Å²) in [5, 5.41) is 2.65. The molecule has 0 spiro atoms. The summed E-state index contributed by atoms with van der Waals surface area (Å²) < 4.78 is 13.2. The van der Waals surface area contributed by atoms with Gasteiger partial charge in [-0.1, -0.05) is 30.3 Å². The van der Waals surface area contributed by atoms with Crippen LogP contribution in [-0.4, -0.2) is 41.1 Å². The molecule has 1 aliphatic heterocycles. The van der Waals surface area contributed by atoms with Crippen molar-refractivity contribution in [3.8, 4) is 0 Å². The van der Waals surface area contributed by atoms with Gasteiger partial charge >= 0.3 is 0 Å². The van der Waals surface area contributed by atoms with Crippen LogP contribution in [0.15, 0.2) is 78.9 Å². The minimum atomic E-state index is -0.986. The van der Waals surface area contributed by atoms with Gasteiger partial charge in [-0.3, -0.25) is 29.0 Å². The van der Waals surface area contributed by atoms with Gasteiger partial charge in [0.25, 0.3) is 11.8 Å². The number of benzene rings is 3. The fourth-order valence-electron chi connectivity index (χ4n) is 3.66. The Morgan fingerprint density at radius 3 is 2.00 bits per heavy atom. The zero-order valence-electron chi connectivity index (χ0n) is 17.7. The third-order valence-electron chi connectivity index (χ3n) is 5.35. The van der Waals surface area contributed by atoms with E-state index in [2.05, 4.69) is 5.32 Å². The van der Waals surface area contributed by atoms with E-state index in [9.17, 15) is 23.6 Å². The standard InChI is InChI=1S/C25H20FN3O4/c1-16(23(31)27-18-13-11-17(26)12-14-18)29(19-7-3-2-4-8-19)22(30)15-28-24(32)20-9-5-6-10-21(20)25(28)33/h2-14,16H,15H2,1H3,(H,27,31). The molecule has 4 amide bonds. The number of nitrogens with zero attached hydrogens (tertiary/aromatic N) is 2. The van der Waals surface area contributed by atoms with E-state index in [1.54, 1.807) is 42.5 Å². The van der Waals surface area contributed by atoms with Gasteiger partial charge < -0.3 is 5.32 Å². The van der Waals surface area contributed by atoms with Crippen LogP contribution in [0.5, 0.6) is 0 Å². The maximum absolute atomic E-state index is 13.3. The summed E-state index contributed by atoms with van der Waals surface area (Å²) in [4.78, 5) is 53.8. The van der Waals surface area contributed by atoms with E-state index in [0.29, 0.717) is 11.4 Å². The first-order chi connectivity index (χ1) is 15.9. The van der Waals surface area contributed by atoms with E-state index in [4.69, 9.17) is 0 Å². The van der Waals surface area contributed by atoms with E-state index in [1.807, 2.05) is 0 Å². The Morgan fingerprint density at radius 2 is 1.42 bits per heavy atom. The van der Waals surface area contributed by atoms with Crippen LogP contribution in [0.25, 0.3) is 0 Å². The molecule has 166 valence electrons. The van der Waals surface area contributed by atoms with E-state index >= 15 is 0 Å². The van der Waals surface area contributed by atoms with Crippen molar-refractivity contribution in [3.05, 3.63) is 95.8 Å². The van der Waals surface area contributed by atoms with E-state index in [1.165, 1.54) is 48.2 Å². The lowest BCUT2D eigenvalue weighted by Crippen LogP contribution is -2.50. The topological polar surface area (TPSA) is 86.8 Å². The maximum Gasteiger partial charge on any atom is 0.262 e. The maximum atomic E-state index is 13.3. The number of carbonyl (C=O) groups is 4. The Kier molecular flexibility index (Phi) is 5.99. The van der Waals surface area contributed by atoms with Crippen molar-refractivity contribution < 1.29 is 23.6 Å². The molecule has 8 heteroatoms. The van der Waals surface area contributed by atoms with E-state index < -0.39 is 42.0 Å². The highest BCUT2D eigenvalue weighted by Crippen LogP contribution is 2.24. The minimum Gasteiger partial charge on any atom is -0.324 e. The molecule has 1 N–H and O–H groups in total. The zero-order chi connectivity index (χ0) is 23.5. The predicted octanol–water partition coefficient (Wildman–Crippen LogP) is 3.48. The number of anilines is 2. The molecule has 0 saturated heterocycles.